The van der Waals surface area contributed by atoms with Crippen molar-refractivity contribution in [2.45, 2.75) is 52.3 Å². The van der Waals surface area contributed by atoms with Crippen molar-refractivity contribution in [1.82, 2.24) is 9.88 Å². The van der Waals surface area contributed by atoms with Gasteiger partial charge in [0.1, 0.15) is 11.3 Å². The number of hydrogen-bond acceptors (Lipinski definition) is 5. The number of ketones is 1. The first-order valence-electron chi connectivity index (χ1n) is 12.9. The number of aliphatic carboxylic acids is 1. The first kappa shape index (κ1) is 28.8. The number of aromatic nitrogens is 1. The third-order valence-corrected chi connectivity index (χ3v) is 6.66. The van der Waals surface area contributed by atoms with Gasteiger partial charge in [0, 0.05) is 35.3 Å². The van der Waals surface area contributed by atoms with Gasteiger partial charge in [0.25, 0.3) is 0 Å². The van der Waals surface area contributed by atoms with E-state index in [-0.39, 0.29) is 18.0 Å². The molecule has 0 aliphatic carbocycles. The number of pyridine rings is 1. The van der Waals surface area contributed by atoms with E-state index in [0.717, 1.165) is 11.1 Å². The summed E-state index contributed by atoms with van der Waals surface area (Å²) in [6, 6.07) is 21.5. The Kier molecular flexibility index (Phi) is 8.55. The minimum absolute atomic E-state index is 0.253. The molecule has 1 N–H and O–H groups in total. The number of halogens is 1. The summed E-state index contributed by atoms with van der Waals surface area (Å²) in [5, 5.41) is 11.4. The number of carbonyl (C=O) groups is 3. The zero-order valence-electron chi connectivity index (χ0n) is 22.8. The highest BCUT2D eigenvalue weighted by atomic mass is 35.5. The van der Waals surface area contributed by atoms with Crippen LogP contribution in [-0.2, 0) is 22.6 Å². The molecular weight excluding hydrogens is 528 g/mol. The average molecular weight is 559 g/mol. The molecule has 8 heteroatoms. The number of carboxylic acids is 1. The molecule has 0 aliphatic heterocycles. The lowest BCUT2D eigenvalue weighted by atomic mass is 9.94. The predicted octanol–water partition coefficient (Wildman–Crippen LogP) is 7.24. The predicted molar refractivity (Wildman–Crippen MR) is 155 cm³/mol. The first-order valence-corrected chi connectivity index (χ1v) is 13.3. The third-order valence-electron chi connectivity index (χ3n) is 6.41. The van der Waals surface area contributed by atoms with Crippen molar-refractivity contribution >= 4 is 40.2 Å². The molecule has 1 amide bonds. The summed E-state index contributed by atoms with van der Waals surface area (Å²) in [7, 11) is 0. The van der Waals surface area contributed by atoms with Gasteiger partial charge in [-0.3, -0.25) is 19.5 Å². The number of hydrogen-bond donors (Lipinski definition) is 1. The van der Waals surface area contributed by atoms with Crippen molar-refractivity contribution in [3.8, 4) is 0 Å². The monoisotopic (exact) mass is 558 g/mol. The SMILES string of the molecule is CC(C(=O)O)c1cnc(C(=O)c2ccc(CN(Cc3ccc(Cl)cc3)C(=O)OC(C)(C)C)cc2)c2ccccc12. The number of carboxylic acid groups (broad SMARTS) is 1. The Morgan fingerprint density at radius 2 is 1.45 bits per heavy atom. The average Bonchev–Trinajstić information content (AvgIpc) is 2.92. The van der Waals surface area contributed by atoms with Crippen molar-refractivity contribution < 1.29 is 24.2 Å². The van der Waals surface area contributed by atoms with Gasteiger partial charge in [0.15, 0.2) is 0 Å². The number of benzene rings is 3. The van der Waals surface area contributed by atoms with Crippen LogP contribution in [0.4, 0.5) is 4.79 Å². The van der Waals surface area contributed by atoms with Crippen molar-refractivity contribution in [3.63, 3.8) is 0 Å². The fourth-order valence-electron chi connectivity index (χ4n) is 4.31. The Hall–Kier alpha value is -4.23. The Morgan fingerprint density at radius 3 is 2.00 bits per heavy atom. The fraction of sp³-hybridized carbons (Fsp3) is 0.250. The minimum Gasteiger partial charge on any atom is -0.481 e. The highest BCUT2D eigenvalue weighted by molar-refractivity contribution is 6.30. The normalized spacial score (nSPS) is 12.1. The molecule has 0 saturated carbocycles. The molecule has 4 aromatic rings. The van der Waals surface area contributed by atoms with E-state index >= 15 is 0 Å². The van der Waals surface area contributed by atoms with Gasteiger partial charge in [-0.05, 0) is 61.9 Å². The standard InChI is InChI=1S/C32H31ClN2O5/c1-20(30(37)38)27-17-34-28(26-8-6-5-7-25(26)27)29(36)23-13-9-21(10-14-23)18-35(31(39)40-32(2,3)4)19-22-11-15-24(33)16-12-22/h5-17,20H,18-19H2,1-4H3,(H,37,38). The molecule has 0 aliphatic rings. The lowest BCUT2D eigenvalue weighted by molar-refractivity contribution is -0.138. The lowest BCUT2D eigenvalue weighted by Crippen LogP contribution is -2.36. The van der Waals surface area contributed by atoms with E-state index < -0.39 is 23.6 Å². The third kappa shape index (κ3) is 6.85. The molecule has 0 spiro atoms. The van der Waals surface area contributed by atoms with E-state index in [2.05, 4.69) is 4.98 Å². The largest absolute Gasteiger partial charge is 0.481 e. The topological polar surface area (TPSA) is 96.8 Å². The molecular formula is C32H31ClN2O5. The maximum Gasteiger partial charge on any atom is 0.410 e. The minimum atomic E-state index is -0.960. The number of amides is 1. The van der Waals surface area contributed by atoms with Gasteiger partial charge in [-0.25, -0.2) is 4.79 Å². The van der Waals surface area contributed by atoms with Gasteiger partial charge in [-0.1, -0.05) is 72.3 Å². The highest BCUT2D eigenvalue weighted by Gasteiger charge is 2.24. The van der Waals surface area contributed by atoms with Gasteiger partial charge in [-0.15, -0.1) is 0 Å². The van der Waals surface area contributed by atoms with Crippen LogP contribution in [0, 0.1) is 0 Å². The van der Waals surface area contributed by atoms with Crippen LogP contribution < -0.4 is 0 Å². The fourth-order valence-corrected chi connectivity index (χ4v) is 4.44. The maximum absolute atomic E-state index is 13.5. The molecule has 0 saturated heterocycles. The van der Waals surface area contributed by atoms with E-state index in [1.165, 1.54) is 6.20 Å². The lowest BCUT2D eigenvalue weighted by Gasteiger charge is -2.27. The van der Waals surface area contributed by atoms with Crippen LogP contribution >= 0.6 is 11.6 Å². The van der Waals surface area contributed by atoms with Crippen molar-refractivity contribution in [3.05, 3.63) is 112 Å². The number of carbonyl (C=O) groups excluding carboxylic acids is 2. The molecule has 4 rings (SSSR count). The second-order valence-electron chi connectivity index (χ2n) is 10.7. The van der Waals surface area contributed by atoms with Crippen molar-refractivity contribution in [2.24, 2.45) is 0 Å². The first-order chi connectivity index (χ1) is 18.9. The summed E-state index contributed by atoms with van der Waals surface area (Å²) >= 11 is 6.02. The van der Waals surface area contributed by atoms with Crippen LogP contribution in [0.3, 0.4) is 0 Å². The highest BCUT2D eigenvalue weighted by Crippen LogP contribution is 2.28. The molecule has 1 atom stereocenters. The molecule has 1 aromatic heterocycles. The van der Waals surface area contributed by atoms with Gasteiger partial charge in [0.05, 0.1) is 5.92 Å². The Bertz CT molecular complexity index is 1540. The van der Waals surface area contributed by atoms with Gasteiger partial charge in [0.2, 0.25) is 5.78 Å². The summed E-state index contributed by atoms with van der Waals surface area (Å²) in [6.07, 6.45) is 1.02. The summed E-state index contributed by atoms with van der Waals surface area (Å²) in [5.41, 5.74) is 2.31. The summed E-state index contributed by atoms with van der Waals surface area (Å²) in [5.74, 6) is -2.00. The van der Waals surface area contributed by atoms with Crippen LogP contribution in [-0.4, -0.2) is 38.4 Å². The van der Waals surface area contributed by atoms with E-state index in [9.17, 15) is 19.5 Å². The number of nitrogens with zero attached hydrogens (tertiary/aromatic N) is 2. The summed E-state index contributed by atoms with van der Waals surface area (Å²) < 4.78 is 5.63. The molecule has 206 valence electrons. The smallest absolute Gasteiger partial charge is 0.410 e. The second-order valence-corrected chi connectivity index (χ2v) is 11.1. The van der Waals surface area contributed by atoms with E-state index in [4.69, 9.17) is 16.3 Å². The molecule has 40 heavy (non-hydrogen) atoms. The van der Waals surface area contributed by atoms with Gasteiger partial charge < -0.3 is 9.84 Å². The van der Waals surface area contributed by atoms with Crippen LogP contribution in [0.2, 0.25) is 5.02 Å². The second kappa shape index (κ2) is 11.9. The van der Waals surface area contributed by atoms with Crippen LogP contribution in [0.25, 0.3) is 10.8 Å². The number of ether oxygens (including phenoxy) is 1. The van der Waals surface area contributed by atoms with Crippen molar-refractivity contribution in [2.75, 3.05) is 0 Å². The Labute approximate surface area is 238 Å². The molecule has 0 bridgehead atoms. The molecule has 0 radical (unpaired) electrons. The van der Waals surface area contributed by atoms with Gasteiger partial charge >= 0.3 is 12.1 Å². The number of fused-ring (bicyclic) bond motifs is 1. The molecule has 7 nitrogen and oxygen atoms in total. The molecule has 1 heterocycles. The summed E-state index contributed by atoms with van der Waals surface area (Å²) in [6.45, 7) is 7.65. The number of rotatable bonds is 8. The van der Waals surface area contributed by atoms with Crippen LogP contribution in [0.15, 0.2) is 79.0 Å². The molecule has 1 unspecified atom stereocenters. The van der Waals surface area contributed by atoms with E-state index in [1.54, 1.807) is 66.4 Å². The zero-order valence-corrected chi connectivity index (χ0v) is 23.6. The van der Waals surface area contributed by atoms with Crippen LogP contribution in [0.5, 0.6) is 0 Å². The molecule has 3 aromatic carbocycles. The maximum atomic E-state index is 13.5. The van der Waals surface area contributed by atoms with E-state index in [1.807, 2.05) is 39.0 Å². The van der Waals surface area contributed by atoms with Crippen LogP contribution in [0.1, 0.15) is 66.4 Å². The van der Waals surface area contributed by atoms with E-state index in [0.29, 0.717) is 33.5 Å². The quantitative estimate of drug-likeness (QED) is 0.229. The Morgan fingerprint density at radius 1 is 0.900 bits per heavy atom. The zero-order chi connectivity index (χ0) is 29.0. The van der Waals surface area contributed by atoms with Gasteiger partial charge in [-0.2, -0.15) is 0 Å². The molecule has 0 fully saturated rings. The van der Waals surface area contributed by atoms with Crippen molar-refractivity contribution in [1.29, 1.82) is 0 Å². The Balaban J connectivity index is 1.59. The summed E-state index contributed by atoms with van der Waals surface area (Å²) in [4.78, 5) is 44.0.